The number of rotatable bonds is 5. The van der Waals surface area contributed by atoms with Crippen molar-refractivity contribution in [2.45, 2.75) is 5.41 Å². The van der Waals surface area contributed by atoms with Crippen molar-refractivity contribution in [3.63, 3.8) is 0 Å². The number of para-hydroxylation sites is 3. The highest BCUT2D eigenvalue weighted by Gasteiger charge is 2.46. The van der Waals surface area contributed by atoms with Crippen LogP contribution in [0.15, 0.2) is 223 Å². The van der Waals surface area contributed by atoms with E-state index in [1.165, 1.54) is 39.0 Å². The molecule has 0 spiro atoms. The fourth-order valence-corrected chi connectivity index (χ4v) is 9.80. The molecule has 3 heterocycles. The first-order valence-electron chi connectivity index (χ1n) is 20.2. The summed E-state index contributed by atoms with van der Waals surface area (Å²) in [5, 5.41) is 5.62. The van der Waals surface area contributed by atoms with Crippen LogP contribution in [0.4, 0.5) is 17.1 Å². The van der Waals surface area contributed by atoms with Gasteiger partial charge in [0, 0.05) is 38.2 Å². The van der Waals surface area contributed by atoms with Gasteiger partial charge in [-0.05, 0) is 88.0 Å². The summed E-state index contributed by atoms with van der Waals surface area (Å²) in [4.78, 5) is 7.62. The van der Waals surface area contributed by atoms with E-state index in [4.69, 9.17) is 9.40 Å². The molecule has 0 saturated carbocycles. The van der Waals surface area contributed by atoms with Crippen LogP contribution in [-0.2, 0) is 5.41 Å². The van der Waals surface area contributed by atoms with E-state index in [2.05, 4.69) is 223 Å². The molecular formula is C56H36N2O. The zero-order chi connectivity index (χ0) is 38.9. The topological polar surface area (TPSA) is 29.3 Å². The molecule has 0 N–H and O–H groups in total. The van der Waals surface area contributed by atoms with Gasteiger partial charge in [0.15, 0.2) is 0 Å². The lowest BCUT2D eigenvalue weighted by atomic mass is 9.62. The van der Waals surface area contributed by atoms with Crippen molar-refractivity contribution < 1.29 is 4.42 Å². The molecule has 0 amide bonds. The largest absolute Gasteiger partial charge is 0.456 e. The number of hydrogen-bond acceptors (Lipinski definition) is 3. The molecule has 0 atom stereocenters. The number of furan rings is 1. The van der Waals surface area contributed by atoms with Gasteiger partial charge in [0.05, 0.1) is 28.0 Å². The Bertz CT molecular complexity index is 3280. The lowest BCUT2D eigenvalue weighted by Crippen LogP contribution is -2.37. The van der Waals surface area contributed by atoms with Gasteiger partial charge in [-0.15, -0.1) is 0 Å². The van der Waals surface area contributed by atoms with Gasteiger partial charge in [-0.2, -0.15) is 0 Å². The molecule has 0 aliphatic carbocycles. The van der Waals surface area contributed by atoms with E-state index in [-0.39, 0.29) is 0 Å². The molecule has 0 radical (unpaired) electrons. The van der Waals surface area contributed by atoms with Gasteiger partial charge in [-0.3, -0.25) is 0 Å². The highest BCUT2D eigenvalue weighted by molar-refractivity contribution is 6.28. The first kappa shape index (κ1) is 33.4. The van der Waals surface area contributed by atoms with Gasteiger partial charge in [0.2, 0.25) is 0 Å². The minimum absolute atomic E-state index is 0.498. The van der Waals surface area contributed by atoms with E-state index >= 15 is 0 Å². The zero-order valence-electron chi connectivity index (χ0n) is 32.1. The molecule has 11 aromatic rings. The maximum atomic E-state index is 6.56. The summed E-state index contributed by atoms with van der Waals surface area (Å²) in [6, 6.07) is 78.6. The molecule has 59 heavy (non-hydrogen) atoms. The van der Waals surface area contributed by atoms with Crippen LogP contribution >= 0.6 is 0 Å². The fourth-order valence-electron chi connectivity index (χ4n) is 9.80. The van der Waals surface area contributed by atoms with Crippen LogP contribution < -0.4 is 4.90 Å². The monoisotopic (exact) mass is 752 g/mol. The quantitative estimate of drug-likeness (QED) is 0.164. The summed E-state index contributed by atoms with van der Waals surface area (Å²) in [7, 11) is 0. The zero-order valence-corrected chi connectivity index (χ0v) is 32.1. The van der Waals surface area contributed by atoms with Gasteiger partial charge in [0.25, 0.3) is 0 Å². The Morgan fingerprint density at radius 2 is 0.949 bits per heavy atom. The summed E-state index contributed by atoms with van der Waals surface area (Å²) in [5.74, 6) is 0. The van der Waals surface area contributed by atoms with Gasteiger partial charge in [-0.25, -0.2) is 4.98 Å². The van der Waals surface area contributed by atoms with E-state index in [9.17, 15) is 0 Å². The van der Waals surface area contributed by atoms with Crippen LogP contribution in [0.1, 0.15) is 22.3 Å². The van der Waals surface area contributed by atoms with E-state index < -0.39 is 5.41 Å². The Hall–Kier alpha value is -7.75. The van der Waals surface area contributed by atoms with Crippen LogP contribution in [0.3, 0.4) is 0 Å². The van der Waals surface area contributed by atoms with Crippen molar-refractivity contribution in [2.75, 3.05) is 4.90 Å². The Morgan fingerprint density at radius 3 is 1.63 bits per heavy atom. The molecule has 0 fully saturated rings. The van der Waals surface area contributed by atoms with Crippen molar-refractivity contribution in [1.82, 2.24) is 4.98 Å². The van der Waals surface area contributed by atoms with E-state index in [1.807, 2.05) is 0 Å². The van der Waals surface area contributed by atoms with Crippen LogP contribution in [0, 0.1) is 0 Å². The van der Waals surface area contributed by atoms with Gasteiger partial charge >= 0.3 is 0 Å². The third-order valence-corrected chi connectivity index (χ3v) is 12.3. The van der Waals surface area contributed by atoms with E-state index in [1.54, 1.807) is 0 Å². The van der Waals surface area contributed by atoms with Gasteiger partial charge in [0.1, 0.15) is 11.2 Å². The van der Waals surface area contributed by atoms with Crippen LogP contribution in [0.25, 0.3) is 66.0 Å². The number of nitrogens with zero attached hydrogens (tertiary/aromatic N) is 2. The lowest BCUT2D eigenvalue weighted by molar-refractivity contribution is 0.669. The molecule has 2 aromatic heterocycles. The Labute approximate surface area is 342 Å². The maximum absolute atomic E-state index is 6.56. The molecule has 12 rings (SSSR count). The molecule has 9 aromatic carbocycles. The van der Waals surface area contributed by atoms with Crippen molar-refractivity contribution in [2.24, 2.45) is 0 Å². The first-order chi connectivity index (χ1) is 29.3. The standard InChI is InChI=1S/C56H36N2O/c1-4-16-38(17-5-1)55-44-33-35-52-54(53(44)43-22-10-13-25-48(43)57-55)45-36-39(30-34-51(45)59-52)37-28-31-42(32-29-37)58-49-26-14-11-23-46(49)56(40-18-6-2-7-19-40,41-20-8-3-9-21-41)47-24-12-15-27-50(47)58/h1-36H. The Kier molecular flexibility index (Phi) is 7.45. The molecular weight excluding hydrogens is 717 g/mol. The number of anilines is 3. The number of fused-ring (bicyclic) bond motifs is 9. The average molecular weight is 753 g/mol. The normalized spacial score (nSPS) is 13.2. The minimum atomic E-state index is -0.498. The SMILES string of the molecule is c1ccc(-c2nc3ccccc3c3c2ccc2oc4ccc(-c5ccc(N6c7ccccc7C(c7ccccc7)(c7ccccc7)c7ccccc76)cc5)cc4c23)cc1. The number of pyridine rings is 1. The molecule has 3 heteroatoms. The summed E-state index contributed by atoms with van der Waals surface area (Å²) in [6.07, 6.45) is 0. The van der Waals surface area contributed by atoms with E-state index in [0.29, 0.717) is 0 Å². The van der Waals surface area contributed by atoms with Gasteiger partial charge in [-0.1, -0.05) is 164 Å². The second kappa shape index (κ2) is 13.2. The summed E-state index contributed by atoms with van der Waals surface area (Å²) < 4.78 is 6.56. The highest BCUT2D eigenvalue weighted by atomic mass is 16.3. The van der Waals surface area contributed by atoms with Crippen LogP contribution in [0.5, 0.6) is 0 Å². The predicted octanol–water partition coefficient (Wildman–Crippen LogP) is 14.8. The average Bonchev–Trinajstić information content (AvgIpc) is 3.70. The maximum Gasteiger partial charge on any atom is 0.136 e. The molecule has 0 saturated heterocycles. The minimum Gasteiger partial charge on any atom is -0.456 e. The second-order valence-electron chi connectivity index (χ2n) is 15.4. The van der Waals surface area contributed by atoms with Crippen molar-refractivity contribution in [3.8, 4) is 22.4 Å². The smallest absolute Gasteiger partial charge is 0.136 e. The Balaban J connectivity index is 1.02. The number of aromatic nitrogens is 1. The number of benzene rings is 9. The van der Waals surface area contributed by atoms with Crippen LogP contribution in [0.2, 0.25) is 0 Å². The summed E-state index contributed by atoms with van der Waals surface area (Å²) in [6.45, 7) is 0. The van der Waals surface area contributed by atoms with Crippen LogP contribution in [-0.4, -0.2) is 4.98 Å². The molecule has 276 valence electrons. The third kappa shape index (κ3) is 4.98. The highest BCUT2D eigenvalue weighted by Crippen LogP contribution is 2.57. The van der Waals surface area contributed by atoms with Crippen molar-refractivity contribution in [3.05, 3.63) is 241 Å². The first-order valence-corrected chi connectivity index (χ1v) is 20.2. The molecule has 0 bridgehead atoms. The molecule has 3 nitrogen and oxygen atoms in total. The Morgan fingerprint density at radius 1 is 0.390 bits per heavy atom. The van der Waals surface area contributed by atoms with Crippen molar-refractivity contribution >= 4 is 60.7 Å². The van der Waals surface area contributed by atoms with E-state index in [0.717, 1.165) is 66.3 Å². The van der Waals surface area contributed by atoms with Gasteiger partial charge < -0.3 is 9.32 Å². The third-order valence-electron chi connectivity index (χ3n) is 12.3. The number of hydrogen-bond donors (Lipinski definition) is 0. The molecule has 1 aliphatic heterocycles. The summed E-state index contributed by atoms with van der Waals surface area (Å²) in [5.41, 5.74) is 15.0. The fraction of sp³-hybridized carbons (Fsp3) is 0.0179. The predicted molar refractivity (Wildman–Crippen MR) is 244 cm³/mol. The molecule has 0 unspecified atom stereocenters. The van der Waals surface area contributed by atoms with Crippen molar-refractivity contribution in [1.29, 1.82) is 0 Å². The molecule has 1 aliphatic rings. The lowest BCUT2D eigenvalue weighted by Gasteiger charge is -2.46. The second-order valence-corrected chi connectivity index (χ2v) is 15.4. The summed E-state index contributed by atoms with van der Waals surface area (Å²) >= 11 is 0.